The number of hydrogen-bond donors (Lipinski definition) is 2. The Morgan fingerprint density at radius 2 is 2.12 bits per heavy atom. The molecule has 9 heteroatoms. The Morgan fingerprint density at radius 1 is 1.40 bits per heavy atom. The van der Waals surface area contributed by atoms with Gasteiger partial charge in [-0.1, -0.05) is 18.2 Å². The molecule has 9 nitrogen and oxygen atoms in total. The lowest BCUT2D eigenvalue weighted by Gasteiger charge is -2.23. The summed E-state index contributed by atoms with van der Waals surface area (Å²) in [5, 5.41) is 31.3. The summed E-state index contributed by atoms with van der Waals surface area (Å²) >= 11 is 0. The topological polar surface area (TPSA) is 149 Å². The zero-order chi connectivity index (χ0) is 18.0. The van der Waals surface area contributed by atoms with Crippen LogP contribution in [0.5, 0.6) is 0 Å². The highest BCUT2D eigenvalue weighted by Gasteiger charge is 2.98. The Labute approximate surface area is 142 Å². The van der Waals surface area contributed by atoms with Crippen LogP contribution in [0.25, 0.3) is 0 Å². The molecule has 126 valence electrons. The van der Waals surface area contributed by atoms with Crippen molar-refractivity contribution in [1.29, 1.82) is 10.5 Å². The van der Waals surface area contributed by atoms with Crippen LogP contribution in [0.2, 0.25) is 0 Å². The first-order chi connectivity index (χ1) is 11.9. The maximum atomic E-state index is 11.4. The Morgan fingerprint density at radius 3 is 2.68 bits per heavy atom. The van der Waals surface area contributed by atoms with Gasteiger partial charge in [-0.15, -0.1) is 0 Å². The van der Waals surface area contributed by atoms with E-state index in [9.17, 15) is 20.6 Å². The smallest absolute Gasteiger partial charge is 0.311 e. The zero-order valence-electron chi connectivity index (χ0n) is 13.2. The van der Waals surface area contributed by atoms with E-state index in [1.165, 1.54) is 12.1 Å². The first-order valence-electron chi connectivity index (χ1n) is 7.69. The Bertz CT molecular complexity index is 918. The first-order valence-corrected chi connectivity index (χ1v) is 7.69. The van der Waals surface area contributed by atoms with Crippen LogP contribution >= 0.6 is 0 Å². The number of fused-ring (bicyclic) bond motifs is 2. The number of benzene rings is 1. The Hall–Kier alpha value is -3.01. The molecule has 0 aromatic heterocycles. The van der Waals surface area contributed by atoms with Gasteiger partial charge in [-0.25, -0.2) is 4.99 Å². The lowest BCUT2D eigenvalue weighted by molar-refractivity contribution is -0.677. The molecule has 1 saturated carbocycles. The lowest BCUT2D eigenvalue weighted by atomic mass is 9.93. The predicted molar refractivity (Wildman–Crippen MR) is 81.3 cm³/mol. The van der Waals surface area contributed by atoms with Crippen LogP contribution in [0.3, 0.4) is 0 Å². The highest BCUT2D eigenvalue weighted by Crippen LogP contribution is 2.79. The van der Waals surface area contributed by atoms with Crippen molar-refractivity contribution < 1.29 is 19.4 Å². The standard InChI is InChI=1S/C16H13N5O4/c1-9-6-24-16(25-9)15(8-18)12(14(15,7-17)13(19)20-16)10-4-2-3-5-11(10)21(22)23/h2-5,9,12H,6H2,1H3,(H2,19,20)/p+1/t9-,12+,14+,15+,16-/m0/s1. The van der Waals surface area contributed by atoms with Gasteiger partial charge in [-0.2, -0.15) is 10.5 Å². The number of amidine groups is 1. The van der Waals surface area contributed by atoms with Gasteiger partial charge in [0.15, 0.2) is 10.8 Å². The molecule has 5 atom stereocenters. The van der Waals surface area contributed by atoms with Crippen molar-refractivity contribution in [1.82, 2.24) is 0 Å². The number of nitrogens with zero attached hydrogens (tertiary/aromatic N) is 3. The molecule has 2 heterocycles. The normalized spacial score (nSPS) is 40.8. The van der Waals surface area contributed by atoms with Gasteiger partial charge in [-0.3, -0.25) is 15.8 Å². The summed E-state index contributed by atoms with van der Waals surface area (Å²) in [5.41, 5.74) is 3.22. The third-order valence-corrected chi connectivity index (χ3v) is 5.33. The molecule has 1 aromatic rings. The molecule has 1 aromatic carbocycles. The fraction of sp³-hybridized carbons (Fsp3) is 0.438. The number of rotatable bonds is 2. The van der Waals surface area contributed by atoms with E-state index in [2.05, 4.69) is 17.1 Å². The third-order valence-electron chi connectivity index (χ3n) is 5.33. The summed E-state index contributed by atoms with van der Waals surface area (Å²) in [6, 6.07) is 10.3. The molecule has 25 heavy (non-hydrogen) atoms. The van der Waals surface area contributed by atoms with E-state index >= 15 is 0 Å². The highest BCUT2D eigenvalue weighted by atomic mass is 16.8. The maximum Gasteiger partial charge on any atom is 0.343 e. The van der Waals surface area contributed by atoms with Crippen molar-refractivity contribution >= 4 is 11.5 Å². The van der Waals surface area contributed by atoms with Gasteiger partial charge in [0.25, 0.3) is 11.5 Å². The van der Waals surface area contributed by atoms with E-state index < -0.39 is 27.6 Å². The van der Waals surface area contributed by atoms with Crippen LogP contribution in [0, 0.1) is 43.6 Å². The zero-order valence-corrected chi connectivity index (χ0v) is 13.2. The average Bonchev–Trinajstić information content (AvgIpc) is 2.98. The molecular weight excluding hydrogens is 326 g/mol. The largest absolute Gasteiger partial charge is 0.343 e. The summed E-state index contributed by atoms with van der Waals surface area (Å²) in [4.78, 5) is 13.7. The van der Waals surface area contributed by atoms with Crippen molar-refractivity contribution in [2.45, 2.75) is 24.9 Å². The molecule has 1 saturated heterocycles. The Kier molecular flexibility index (Phi) is 2.82. The van der Waals surface area contributed by atoms with Crippen molar-refractivity contribution in [3.8, 4) is 12.1 Å². The minimum atomic E-state index is -1.59. The second kappa shape index (κ2) is 4.54. The minimum Gasteiger partial charge on any atom is -0.311 e. The monoisotopic (exact) mass is 340 g/mol. The van der Waals surface area contributed by atoms with E-state index in [4.69, 9.17) is 15.2 Å². The first kappa shape index (κ1) is 15.5. The number of para-hydroxylation sites is 1. The summed E-state index contributed by atoms with van der Waals surface area (Å²) in [6.45, 7) is 1.99. The van der Waals surface area contributed by atoms with E-state index in [0.717, 1.165) is 0 Å². The fourth-order valence-electron chi connectivity index (χ4n) is 4.33. The quantitative estimate of drug-likeness (QED) is 0.531. The van der Waals surface area contributed by atoms with E-state index in [1.807, 2.05) is 0 Å². The second-order valence-corrected chi connectivity index (χ2v) is 6.48. The van der Waals surface area contributed by atoms with E-state index in [1.54, 1.807) is 19.1 Å². The number of ether oxygens (including phenoxy) is 2. The maximum absolute atomic E-state index is 11.4. The van der Waals surface area contributed by atoms with Crippen LogP contribution in [0.4, 0.5) is 5.69 Å². The van der Waals surface area contributed by atoms with E-state index in [-0.39, 0.29) is 29.8 Å². The summed E-state index contributed by atoms with van der Waals surface area (Å²) < 4.78 is 11.6. The van der Waals surface area contributed by atoms with Crippen LogP contribution in [-0.4, -0.2) is 29.4 Å². The highest BCUT2D eigenvalue weighted by molar-refractivity contribution is 5.95. The van der Waals surface area contributed by atoms with Gasteiger partial charge in [0.05, 0.1) is 35.7 Å². The van der Waals surface area contributed by atoms with Crippen molar-refractivity contribution in [2.75, 3.05) is 6.61 Å². The number of nitrogens with one attached hydrogen (secondary N) is 1. The molecule has 0 bridgehead atoms. The number of hydrogen-bond acceptors (Lipinski definition) is 7. The summed E-state index contributed by atoms with van der Waals surface area (Å²) in [7, 11) is 0. The van der Waals surface area contributed by atoms with Gasteiger partial charge in [-0.05, 0) is 6.92 Å². The van der Waals surface area contributed by atoms with Crippen LogP contribution < -0.4 is 10.7 Å². The second-order valence-electron chi connectivity index (χ2n) is 6.48. The third kappa shape index (κ3) is 1.46. The molecular formula is C16H14N5O4+. The number of nitro benzene ring substituents is 1. The van der Waals surface area contributed by atoms with Gasteiger partial charge < -0.3 is 9.47 Å². The molecule has 4 rings (SSSR count). The number of nitro groups is 1. The summed E-state index contributed by atoms with van der Waals surface area (Å²) in [5.74, 6) is -2.38. The lowest BCUT2D eigenvalue weighted by Crippen LogP contribution is -2.90. The van der Waals surface area contributed by atoms with E-state index in [0.29, 0.717) is 0 Å². The molecule has 1 aliphatic carbocycles. The van der Waals surface area contributed by atoms with Crippen molar-refractivity contribution in [2.24, 2.45) is 16.6 Å². The van der Waals surface area contributed by atoms with Crippen LogP contribution in [0.15, 0.2) is 24.3 Å². The molecule has 2 aliphatic heterocycles. The van der Waals surface area contributed by atoms with Crippen molar-refractivity contribution in [3.05, 3.63) is 39.9 Å². The van der Waals surface area contributed by atoms with Crippen LogP contribution in [-0.2, 0) is 9.47 Å². The molecule has 3 aliphatic rings. The average molecular weight is 340 g/mol. The number of nitrogens with two attached hydrogens (primary N) is 1. The van der Waals surface area contributed by atoms with Crippen molar-refractivity contribution in [3.63, 3.8) is 0 Å². The molecule has 0 unspecified atom stereocenters. The van der Waals surface area contributed by atoms with Gasteiger partial charge in [0, 0.05) is 11.6 Å². The summed E-state index contributed by atoms with van der Waals surface area (Å²) in [6.07, 6.45) is -0.313. The molecule has 3 N–H and O–H groups in total. The molecule has 1 spiro atoms. The Balaban J connectivity index is 1.96. The fourth-order valence-corrected chi connectivity index (χ4v) is 4.33. The predicted octanol–water partition coefficient (Wildman–Crippen LogP) is -0.748. The molecule has 0 amide bonds. The minimum absolute atomic E-state index is 0.0359. The SMILES string of the molecule is C[C@H]1CO[C@]2([NH+]=C(N)[C@@]3(C#N)[C@@H](c4ccccc4[N+](=O)[O-])[C@@]23C#N)O1. The van der Waals surface area contributed by atoms with Gasteiger partial charge in [0.1, 0.15) is 0 Å². The number of nitriles is 2. The van der Waals surface area contributed by atoms with Gasteiger partial charge >= 0.3 is 5.91 Å². The molecule has 2 fully saturated rings. The van der Waals surface area contributed by atoms with Crippen LogP contribution in [0.1, 0.15) is 18.4 Å². The van der Waals surface area contributed by atoms with Gasteiger partial charge in [0.2, 0.25) is 0 Å². The molecule has 0 radical (unpaired) electrons.